The molecule has 0 fully saturated rings. The first-order valence-electron chi connectivity index (χ1n) is 5.12. The van der Waals surface area contributed by atoms with Crippen LogP contribution >= 0.6 is 11.6 Å². The van der Waals surface area contributed by atoms with Gasteiger partial charge in [-0.3, -0.25) is 0 Å². The molecular weight excluding hydrogens is 222 g/mol. The van der Waals surface area contributed by atoms with Crippen LogP contribution in [0.15, 0.2) is 24.3 Å². The van der Waals surface area contributed by atoms with Gasteiger partial charge in [-0.25, -0.2) is 4.68 Å². The number of nitrogens with zero attached hydrogens (tertiary/aromatic N) is 2. The van der Waals surface area contributed by atoms with Gasteiger partial charge in [0.1, 0.15) is 5.82 Å². The quantitative estimate of drug-likeness (QED) is 0.870. The van der Waals surface area contributed by atoms with Crippen molar-refractivity contribution in [1.82, 2.24) is 9.78 Å². The number of anilines is 1. The number of hydrogen-bond acceptors (Lipinski definition) is 2. The van der Waals surface area contributed by atoms with Gasteiger partial charge in [0.2, 0.25) is 0 Å². The van der Waals surface area contributed by atoms with E-state index < -0.39 is 0 Å². The maximum atomic E-state index is 6.09. The first kappa shape index (κ1) is 11.0. The second kappa shape index (κ2) is 4.18. The zero-order chi connectivity index (χ0) is 11.7. The van der Waals surface area contributed by atoms with E-state index in [-0.39, 0.29) is 0 Å². The predicted molar refractivity (Wildman–Crippen MR) is 66.7 cm³/mol. The molecule has 2 rings (SSSR count). The van der Waals surface area contributed by atoms with Gasteiger partial charge in [0.25, 0.3) is 0 Å². The highest BCUT2D eigenvalue weighted by Gasteiger charge is 2.09. The molecule has 16 heavy (non-hydrogen) atoms. The van der Waals surface area contributed by atoms with Crippen molar-refractivity contribution in [2.24, 2.45) is 0 Å². The van der Waals surface area contributed by atoms with E-state index in [2.05, 4.69) is 5.10 Å². The van der Waals surface area contributed by atoms with Gasteiger partial charge >= 0.3 is 0 Å². The van der Waals surface area contributed by atoms with Gasteiger partial charge in [0.05, 0.1) is 12.2 Å². The molecule has 0 spiro atoms. The first-order chi connectivity index (χ1) is 7.59. The number of nitrogens with two attached hydrogens (primary N) is 1. The average molecular weight is 236 g/mol. The molecule has 0 bridgehead atoms. The summed E-state index contributed by atoms with van der Waals surface area (Å²) in [6, 6.07) is 7.72. The Kier molecular flexibility index (Phi) is 2.88. The lowest BCUT2D eigenvalue weighted by atomic mass is 10.2. The smallest absolute Gasteiger partial charge is 0.125 e. The summed E-state index contributed by atoms with van der Waals surface area (Å²) in [5.74, 6) is 0.706. The van der Waals surface area contributed by atoms with Gasteiger partial charge < -0.3 is 5.73 Å². The van der Waals surface area contributed by atoms with Gasteiger partial charge in [-0.05, 0) is 25.5 Å². The van der Waals surface area contributed by atoms with Crippen LogP contribution in [0.2, 0.25) is 5.02 Å². The number of nitrogen functional groups attached to an aromatic ring is 1. The molecule has 0 saturated heterocycles. The molecule has 1 aromatic carbocycles. The lowest BCUT2D eigenvalue weighted by molar-refractivity contribution is 0.689. The van der Waals surface area contributed by atoms with E-state index in [9.17, 15) is 0 Å². The molecule has 2 N–H and O–H groups in total. The molecule has 0 aliphatic rings. The summed E-state index contributed by atoms with van der Waals surface area (Å²) < 4.78 is 1.78. The second-order valence-electron chi connectivity index (χ2n) is 3.84. The van der Waals surface area contributed by atoms with Gasteiger partial charge in [0.15, 0.2) is 0 Å². The van der Waals surface area contributed by atoms with E-state index in [1.54, 1.807) is 4.68 Å². The SMILES string of the molecule is Cc1nn(Cc2ccccc2Cl)c(N)c1C. The minimum Gasteiger partial charge on any atom is -0.384 e. The van der Waals surface area contributed by atoms with Gasteiger partial charge in [-0.15, -0.1) is 0 Å². The maximum absolute atomic E-state index is 6.09. The molecule has 0 unspecified atom stereocenters. The molecule has 2 aromatic rings. The van der Waals surface area contributed by atoms with Crippen molar-refractivity contribution in [2.75, 3.05) is 5.73 Å². The fourth-order valence-corrected chi connectivity index (χ4v) is 1.79. The second-order valence-corrected chi connectivity index (χ2v) is 4.25. The summed E-state index contributed by atoms with van der Waals surface area (Å²) in [5.41, 5.74) is 8.98. The lowest BCUT2D eigenvalue weighted by Crippen LogP contribution is -2.06. The van der Waals surface area contributed by atoms with E-state index in [4.69, 9.17) is 17.3 Å². The fourth-order valence-electron chi connectivity index (χ4n) is 1.60. The van der Waals surface area contributed by atoms with Crippen molar-refractivity contribution < 1.29 is 0 Å². The van der Waals surface area contributed by atoms with Crippen LogP contribution in [0.3, 0.4) is 0 Å². The van der Waals surface area contributed by atoms with Crippen LogP contribution in [0.1, 0.15) is 16.8 Å². The molecule has 4 heteroatoms. The Hall–Kier alpha value is -1.48. The third-order valence-corrected chi connectivity index (χ3v) is 3.12. The van der Waals surface area contributed by atoms with E-state index in [1.165, 1.54) is 0 Å². The number of halogens is 1. The molecule has 1 heterocycles. The van der Waals surface area contributed by atoms with Crippen LogP contribution < -0.4 is 5.73 Å². The molecule has 0 aliphatic carbocycles. The molecule has 0 amide bonds. The summed E-state index contributed by atoms with van der Waals surface area (Å²) in [6.45, 7) is 4.54. The summed E-state index contributed by atoms with van der Waals surface area (Å²) in [6.07, 6.45) is 0. The average Bonchev–Trinajstić information content (AvgIpc) is 2.50. The fraction of sp³-hybridized carbons (Fsp3) is 0.250. The van der Waals surface area contributed by atoms with Gasteiger partial charge in [-0.2, -0.15) is 5.10 Å². The van der Waals surface area contributed by atoms with Crippen LogP contribution in [0.5, 0.6) is 0 Å². The van der Waals surface area contributed by atoms with E-state index in [0.29, 0.717) is 12.4 Å². The minimum atomic E-state index is 0.611. The number of benzene rings is 1. The monoisotopic (exact) mass is 235 g/mol. The molecule has 84 valence electrons. The van der Waals surface area contributed by atoms with Crippen molar-refractivity contribution >= 4 is 17.4 Å². The highest BCUT2D eigenvalue weighted by molar-refractivity contribution is 6.31. The van der Waals surface area contributed by atoms with Crippen LogP contribution in [-0.2, 0) is 6.54 Å². The summed E-state index contributed by atoms with van der Waals surface area (Å²) >= 11 is 6.09. The molecule has 0 radical (unpaired) electrons. The van der Waals surface area contributed by atoms with Crippen molar-refractivity contribution in [1.29, 1.82) is 0 Å². The van der Waals surface area contributed by atoms with Crippen molar-refractivity contribution in [3.8, 4) is 0 Å². The molecule has 0 atom stereocenters. The standard InChI is InChI=1S/C12H14ClN3/c1-8-9(2)15-16(12(8)14)7-10-5-3-4-6-11(10)13/h3-6H,7,14H2,1-2H3. The van der Waals surface area contributed by atoms with E-state index in [0.717, 1.165) is 21.8 Å². The van der Waals surface area contributed by atoms with Crippen LogP contribution in [0.4, 0.5) is 5.82 Å². The van der Waals surface area contributed by atoms with Crippen molar-refractivity contribution in [3.05, 3.63) is 46.1 Å². The summed E-state index contributed by atoms with van der Waals surface area (Å²) in [7, 11) is 0. The maximum Gasteiger partial charge on any atom is 0.125 e. The third-order valence-electron chi connectivity index (χ3n) is 2.75. The number of hydrogen-bond donors (Lipinski definition) is 1. The highest BCUT2D eigenvalue weighted by atomic mass is 35.5. The third kappa shape index (κ3) is 1.91. The Morgan fingerprint density at radius 3 is 2.56 bits per heavy atom. The van der Waals surface area contributed by atoms with Crippen molar-refractivity contribution in [2.45, 2.75) is 20.4 Å². The normalized spacial score (nSPS) is 10.7. The summed E-state index contributed by atoms with van der Waals surface area (Å²) in [4.78, 5) is 0. The number of rotatable bonds is 2. The molecule has 0 saturated carbocycles. The Balaban J connectivity index is 2.34. The molecule has 1 aromatic heterocycles. The Morgan fingerprint density at radius 2 is 2.00 bits per heavy atom. The Labute approximate surface area is 99.8 Å². The molecular formula is C12H14ClN3. The van der Waals surface area contributed by atoms with Gasteiger partial charge in [-0.1, -0.05) is 29.8 Å². The number of aryl methyl sites for hydroxylation is 1. The molecule has 0 aliphatic heterocycles. The highest BCUT2D eigenvalue weighted by Crippen LogP contribution is 2.20. The van der Waals surface area contributed by atoms with Gasteiger partial charge in [0, 0.05) is 10.6 Å². The van der Waals surface area contributed by atoms with Crippen LogP contribution in [0.25, 0.3) is 0 Å². The minimum absolute atomic E-state index is 0.611. The zero-order valence-corrected chi connectivity index (χ0v) is 10.1. The largest absolute Gasteiger partial charge is 0.384 e. The zero-order valence-electron chi connectivity index (χ0n) is 9.37. The summed E-state index contributed by atoms with van der Waals surface area (Å²) in [5, 5.41) is 5.12. The predicted octanol–water partition coefficient (Wildman–Crippen LogP) is 2.78. The lowest BCUT2D eigenvalue weighted by Gasteiger charge is -2.06. The molecule has 3 nitrogen and oxygen atoms in total. The van der Waals surface area contributed by atoms with Crippen LogP contribution in [-0.4, -0.2) is 9.78 Å². The first-order valence-corrected chi connectivity index (χ1v) is 5.50. The van der Waals surface area contributed by atoms with E-state index in [1.807, 2.05) is 38.1 Å². The Bertz CT molecular complexity index is 517. The van der Waals surface area contributed by atoms with Crippen molar-refractivity contribution in [3.63, 3.8) is 0 Å². The number of aromatic nitrogens is 2. The van der Waals surface area contributed by atoms with Crippen LogP contribution in [0, 0.1) is 13.8 Å². The van der Waals surface area contributed by atoms with E-state index >= 15 is 0 Å². The topological polar surface area (TPSA) is 43.8 Å². The Morgan fingerprint density at radius 1 is 1.31 bits per heavy atom.